The second-order valence-corrected chi connectivity index (χ2v) is 24.1. The molecule has 0 heterocycles. The lowest BCUT2D eigenvalue weighted by Crippen LogP contribution is -2.40. The van der Waals surface area contributed by atoms with Gasteiger partial charge < -0.3 is 28.5 Å². The van der Waals surface area contributed by atoms with E-state index in [2.05, 4.69) is 135 Å². The van der Waals surface area contributed by atoms with E-state index in [4.69, 9.17) is 18.9 Å². The van der Waals surface area contributed by atoms with E-state index in [9.17, 15) is 19.5 Å². The first-order chi connectivity index (χ1) is 41.6. The highest BCUT2D eigenvalue weighted by atomic mass is 16.7. The smallest absolute Gasteiger partial charge is 0.361 e. The number of ether oxygens (including phenoxy) is 4. The minimum absolute atomic E-state index is 0.183. The van der Waals surface area contributed by atoms with Crippen molar-refractivity contribution in [2.75, 3.05) is 47.5 Å². The maximum atomic E-state index is 12.9. The predicted molar refractivity (Wildman–Crippen MR) is 364 cm³/mol. The number of likely N-dealkylation sites (N-methyl/N-ethyl adjacent to an activating group) is 1. The average Bonchev–Trinajstić information content (AvgIpc) is 3.48. The molecule has 0 aromatic carbocycles. The fourth-order valence-corrected chi connectivity index (χ4v) is 9.48. The Hall–Kier alpha value is -4.31. The Morgan fingerprint density at radius 1 is 0.353 bits per heavy atom. The molecule has 2 unspecified atom stereocenters. The molecule has 0 aliphatic heterocycles. The number of carbonyl (C=O) groups is 3. The van der Waals surface area contributed by atoms with Gasteiger partial charge in [-0.1, -0.05) is 289 Å². The van der Waals surface area contributed by atoms with Crippen molar-refractivity contribution in [2.24, 2.45) is 0 Å². The molecule has 85 heavy (non-hydrogen) atoms. The lowest BCUT2D eigenvalue weighted by molar-refractivity contribution is -0.870. The van der Waals surface area contributed by atoms with E-state index < -0.39 is 24.3 Å². The highest BCUT2D eigenvalue weighted by Gasteiger charge is 2.25. The summed E-state index contributed by atoms with van der Waals surface area (Å²) in [6.07, 6.45) is 90.2. The second-order valence-electron chi connectivity index (χ2n) is 24.1. The van der Waals surface area contributed by atoms with Gasteiger partial charge in [0.15, 0.2) is 6.10 Å². The van der Waals surface area contributed by atoms with Gasteiger partial charge >= 0.3 is 17.9 Å². The summed E-state index contributed by atoms with van der Waals surface area (Å²) in [5, 5.41) is 9.75. The van der Waals surface area contributed by atoms with Gasteiger partial charge in [0.25, 0.3) is 6.29 Å². The molecule has 0 rings (SSSR count). The molecule has 0 spiro atoms. The van der Waals surface area contributed by atoms with Crippen LogP contribution in [0.3, 0.4) is 0 Å². The summed E-state index contributed by atoms with van der Waals surface area (Å²) in [6, 6.07) is 0. The number of esters is 2. The van der Waals surface area contributed by atoms with Crippen molar-refractivity contribution in [3.05, 3.63) is 122 Å². The number of unbranched alkanes of at least 4 members (excludes halogenated alkanes) is 28. The van der Waals surface area contributed by atoms with Gasteiger partial charge in [-0.2, -0.15) is 0 Å². The van der Waals surface area contributed by atoms with Gasteiger partial charge in [-0.05, 0) is 103 Å². The van der Waals surface area contributed by atoms with Crippen LogP contribution in [0.15, 0.2) is 122 Å². The van der Waals surface area contributed by atoms with Gasteiger partial charge in [-0.25, -0.2) is 4.79 Å². The summed E-state index contributed by atoms with van der Waals surface area (Å²) in [5.74, 6) is -2.01. The topological polar surface area (TPSA) is 108 Å². The van der Waals surface area contributed by atoms with Crippen LogP contribution in [0.25, 0.3) is 0 Å². The van der Waals surface area contributed by atoms with Crippen LogP contribution in [-0.4, -0.2) is 87.4 Å². The molecule has 9 nitrogen and oxygen atoms in total. The molecule has 1 N–H and O–H groups in total. The summed E-state index contributed by atoms with van der Waals surface area (Å²) >= 11 is 0. The summed E-state index contributed by atoms with van der Waals surface area (Å²) in [4.78, 5) is 37.6. The molecule has 9 heteroatoms. The van der Waals surface area contributed by atoms with Gasteiger partial charge in [0.2, 0.25) is 0 Å². The Morgan fingerprint density at radius 2 is 0.635 bits per heavy atom. The molecule has 0 saturated heterocycles. The number of rotatable bonds is 63. The molecule has 0 bridgehead atoms. The van der Waals surface area contributed by atoms with Gasteiger partial charge in [-0.3, -0.25) is 9.59 Å². The molecule has 0 aliphatic carbocycles. The standard InChI is InChI=1S/C76H129NO8/c1-6-8-10-12-14-16-18-20-22-24-26-28-30-32-33-34-35-36-37-38-39-40-41-43-45-47-49-51-53-55-57-59-61-63-65-67-74(79)85-72(71-84-76(75(80)81)82-69-68-77(3,4)5)70-83-73(78)66-64-62-60-58-56-54-52-50-48-46-44-42-31-29-27-25-23-21-19-17-15-13-11-9-7-2/h8-11,14-17,20-23,26-29,32-33,42,44,72,76H,6-7,12-13,18-19,24-25,30-31,34-41,43,45-71H2,1-5H3/p+1/b10-8-,11-9-,16-14-,17-15-,22-20-,23-21-,28-26-,29-27-,33-32-,44-42-. The zero-order valence-electron chi connectivity index (χ0n) is 55.5. The summed E-state index contributed by atoms with van der Waals surface area (Å²) in [7, 11) is 5.97. The van der Waals surface area contributed by atoms with Crippen molar-refractivity contribution in [1.29, 1.82) is 0 Å². The zero-order valence-corrected chi connectivity index (χ0v) is 55.5. The number of aliphatic carboxylic acids is 1. The van der Waals surface area contributed by atoms with Gasteiger partial charge in [0, 0.05) is 12.8 Å². The molecule has 0 fully saturated rings. The number of carboxylic acid groups (broad SMARTS) is 1. The highest BCUT2D eigenvalue weighted by Crippen LogP contribution is 2.17. The van der Waals surface area contributed by atoms with E-state index in [1.807, 2.05) is 21.1 Å². The summed E-state index contributed by atoms with van der Waals surface area (Å²) in [6.45, 7) is 4.66. The van der Waals surface area contributed by atoms with E-state index in [-0.39, 0.29) is 32.2 Å². The van der Waals surface area contributed by atoms with Crippen LogP contribution in [0, 0.1) is 0 Å². The first kappa shape index (κ1) is 80.7. The van der Waals surface area contributed by atoms with Crippen molar-refractivity contribution < 1.29 is 42.9 Å². The third-order valence-corrected chi connectivity index (χ3v) is 14.7. The van der Waals surface area contributed by atoms with E-state index in [1.165, 1.54) is 141 Å². The number of quaternary nitrogens is 1. The molecule has 486 valence electrons. The SMILES string of the molecule is CC/C=C\C/C=C\C/C=C\C/C=C\C/C=C\CCCCCCCCCCCCCCCCCCCCCC(=O)OC(COC(=O)CCCCCCCCCCC/C=C\C/C=C\C/C=C\C/C=C\C/C=C\CC)COC(OCC[N+](C)(C)C)C(=O)O. The Balaban J connectivity index is 4.11. The van der Waals surface area contributed by atoms with E-state index in [0.717, 1.165) is 116 Å². The fourth-order valence-electron chi connectivity index (χ4n) is 9.48. The van der Waals surface area contributed by atoms with Gasteiger partial charge in [0.1, 0.15) is 13.2 Å². The van der Waals surface area contributed by atoms with Crippen molar-refractivity contribution in [2.45, 2.75) is 296 Å². The first-order valence-electron chi connectivity index (χ1n) is 34.7. The minimum atomic E-state index is -1.52. The molecule has 0 aromatic heterocycles. The maximum absolute atomic E-state index is 12.9. The number of hydrogen-bond acceptors (Lipinski definition) is 7. The first-order valence-corrected chi connectivity index (χ1v) is 34.7. The predicted octanol–water partition coefficient (Wildman–Crippen LogP) is 21.6. The largest absolute Gasteiger partial charge is 0.477 e. The van der Waals surface area contributed by atoms with Crippen LogP contribution in [0.5, 0.6) is 0 Å². The zero-order chi connectivity index (χ0) is 61.9. The summed E-state index contributed by atoms with van der Waals surface area (Å²) in [5.41, 5.74) is 0. The third kappa shape index (κ3) is 67.1. The van der Waals surface area contributed by atoms with E-state index in [1.54, 1.807) is 0 Å². The van der Waals surface area contributed by atoms with Crippen LogP contribution in [0.1, 0.15) is 284 Å². The quantitative estimate of drug-likeness (QED) is 0.0211. The van der Waals surface area contributed by atoms with Crippen molar-refractivity contribution in [3.8, 4) is 0 Å². The minimum Gasteiger partial charge on any atom is -0.477 e. The van der Waals surface area contributed by atoms with Gasteiger partial charge in [0.05, 0.1) is 34.4 Å². The Kier molecular flexibility index (Phi) is 62.3. The molecular formula is C76H130NO8+. The number of nitrogens with zero attached hydrogens (tertiary/aromatic N) is 1. The van der Waals surface area contributed by atoms with Crippen LogP contribution in [0.2, 0.25) is 0 Å². The molecular weight excluding hydrogens is 1050 g/mol. The van der Waals surface area contributed by atoms with Crippen LogP contribution in [0.4, 0.5) is 0 Å². The molecule has 2 atom stereocenters. The van der Waals surface area contributed by atoms with Crippen LogP contribution >= 0.6 is 0 Å². The van der Waals surface area contributed by atoms with Crippen LogP contribution in [-0.2, 0) is 33.3 Å². The number of carboxylic acids is 1. The molecule has 0 radical (unpaired) electrons. The Morgan fingerprint density at radius 3 is 0.941 bits per heavy atom. The molecule has 0 amide bonds. The average molecular weight is 1190 g/mol. The number of allylic oxidation sites excluding steroid dienone is 20. The Labute approximate surface area is 523 Å². The van der Waals surface area contributed by atoms with Crippen molar-refractivity contribution in [3.63, 3.8) is 0 Å². The fraction of sp³-hybridized carbons (Fsp3) is 0.697. The normalized spacial score (nSPS) is 13.5. The van der Waals surface area contributed by atoms with Gasteiger partial charge in [-0.15, -0.1) is 0 Å². The summed E-state index contributed by atoms with van der Waals surface area (Å²) < 4.78 is 23.0. The lowest BCUT2D eigenvalue weighted by Gasteiger charge is -2.25. The number of carbonyl (C=O) groups excluding carboxylic acids is 2. The third-order valence-electron chi connectivity index (χ3n) is 14.7. The molecule has 0 aromatic rings. The highest BCUT2D eigenvalue weighted by molar-refractivity contribution is 5.71. The second kappa shape index (κ2) is 65.7. The Bertz CT molecular complexity index is 1810. The molecule has 0 saturated carbocycles. The van der Waals surface area contributed by atoms with E-state index in [0.29, 0.717) is 17.4 Å². The monoisotopic (exact) mass is 1180 g/mol. The molecule has 0 aliphatic rings. The maximum Gasteiger partial charge on any atom is 0.361 e. The van der Waals surface area contributed by atoms with Crippen molar-refractivity contribution in [1.82, 2.24) is 0 Å². The lowest BCUT2D eigenvalue weighted by atomic mass is 10.0. The number of hydrogen-bond donors (Lipinski definition) is 1. The van der Waals surface area contributed by atoms with Crippen molar-refractivity contribution >= 4 is 17.9 Å². The van der Waals surface area contributed by atoms with Crippen LogP contribution < -0.4 is 0 Å². The van der Waals surface area contributed by atoms with E-state index >= 15 is 0 Å².